The normalized spacial score (nSPS) is 30.1. The van der Waals surface area contributed by atoms with Crippen molar-refractivity contribution in [2.45, 2.75) is 55.1 Å². The van der Waals surface area contributed by atoms with Crippen molar-refractivity contribution in [2.24, 2.45) is 5.92 Å². The number of hydrogen-bond donors (Lipinski definition) is 0. The van der Waals surface area contributed by atoms with Crippen molar-refractivity contribution in [3.05, 3.63) is 39.9 Å². The molecule has 20 heavy (non-hydrogen) atoms. The Bertz CT molecular complexity index is 498. The molecule has 2 fully saturated rings. The lowest BCUT2D eigenvalue weighted by Gasteiger charge is -2.19. The van der Waals surface area contributed by atoms with Crippen molar-refractivity contribution in [1.29, 1.82) is 0 Å². The molecule has 1 saturated heterocycles. The van der Waals surface area contributed by atoms with Crippen LogP contribution in [0.15, 0.2) is 29.2 Å². The number of hydrogen-bond acceptors (Lipinski definition) is 4. The molecular formula is C15H19NO3S. The Balaban J connectivity index is 1.73. The van der Waals surface area contributed by atoms with Crippen LogP contribution in [0, 0.1) is 23.0 Å². The molecule has 1 aromatic rings. The summed E-state index contributed by atoms with van der Waals surface area (Å²) in [6.07, 6.45) is 5.51. The van der Waals surface area contributed by atoms with Crippen molar-refractivity contribution in [2.75, 3.05) is 0 Å². The highest BCUT2D eigenvalue weighted by molar-refractivity contribution is 8.00. The van der Waals surface area contributed by atoms with Crippen molar-refractivity contribution in [3.8, 4) is 0 Å². The van der Waals surface area contributed by atoms with E-state index in [0.29, 0.717) is 5.92 Å². The molecular weight excluding hydrogens is 274 g/mol. The van der Waals surface area contributed by atoms with Crippen LogP contribution >= 0.6 is 11.8 Å². The Labute approximate surface area is 123 Å². The van der Waals surface area contributed by atoms with Gasteiger partial charge >= 0.3 is 5.06 Å². The van der Waals surface area contributed by atoms with Gasteiger partial charge in [0, 0.05) is 4.90 Å². The molecule has 0 bridgehead atoms. The second kappa shape index (κ2) is 5.37. The van der Waals surface area contributed by atoms with E-state index in [1.807, 2.05) is 31.2 Å². The molecule has 1 aromatic carbocycles. The summed E-state index contributed by atoms with van der Waals surface area (Å²) in [7, 11) is 0. The van der Waals surface area contributed by atoms with Crippen LogP contribution in [0.3, 0.4) is 0 Å². The third-order valence-electron chi connectivity index (χ3n) is 4.22. The summed E-state index contributed by atoms with van der Waals surface area (Å²) >= 11 is 1.25. The van der Waals surface area contributed by atoms with Crippen LogP contribution in [0.5, 0.6) is 0 Å². The van der Waals surface area contributed by atoms with Gasteiger partial charge in [-0.15, -0.1) is 0 Å². The first-order valence-electron chi connectivity index (χ1n) is 7.20. The first-order chi connectivity index (χ1) is 9.62. The molecule has 2 unspecified atom stereocenters. The lowest BCUT2D eigenvalue weighted by atomic mass is 9.86. The Hall–Kier alpha value is -1.07. The molecule has 1 saturated carbocycles. The van der Waals surface area contributed by atoms with E-state index in [4.69, 9.17) is 4.74 Å². The van der Waals surface area contributed by atoms with Crippen molar-refractivity contribution >= 4 is 11.8 Å². The van der Waals surface area contributed by atoms with Gasteiger partial charge in [0.05, 0.1) is 4.92 Å². The summed E-state index contributed by atoms with van der Waals surface area (Å²) < 4.78 is 5.60. The fraction of sp³-hybridized carbons (Fsp3) is 0.600. The van der Waals surface area contributed by atoms with Crippen LogP contribution in [-0.4, -0.2) is 16.1 Å². The molecule has 0 spiro atoms. The molecule has 5 heteroatoms. The smallest absolute Gasteiger partial charge is 0.288 e. The van der Waals surface area contributed by atoms with Crippen molar-refractivity contribution < 1.29 is 9.66 Å². The maximum Gasteiger partial charge on any atom is 0.405 e. The van der Waals surface area contributed by atoms with E-state index in [9.17, 15) is 10.1 Å². The quantitative estimate of drug-likeness (QED) is 0.364. The van der Waals surface area contributed by atoms with Crippen LogP contribution in [0.2, 0.25) is 0 Å². The van der Waals surface area contributed by atoms with Gasteiger partial charge < -0.3 is 0 Å². The number of benzene rings is 1. The highest BCUT2D eigenvalue weighted by Gasteiger charge is 2.72. The van der Waals surface area contributed by atoms with E-state index < -0.39 is 5.06 Å². The van der Waals surface area contributed by atoms with E-state index in [1.165, 1.54) is 31.0 Å². The van der Waals surface area contributed by atoms with Gasteiger partial charge in [-0.05, 0) is 49.6 Å². The van der Waals surface area contributed by atoms with E-state index in [0.717, 1.165) is 23.3 Å². The highest BCUT2D eigenvalue weighted by Crippen LogP contribution is 2.55. The lowest BCUT2D eigenvalue weighted by molar-refractivity contribution is -0.532. The maximum absolute atomic E-state index is 11.5. The van der Waals surface area contributed by atoms with E-state index in [2.05, 4.69) is 0 Å². The number of nitrogens with zero attached hydrogens (tertiary/aromatic N) is 1. The zero-order valence-corrected chi connectivity index (χ0v) is 12.4. The summed E-state index contributed by atoms with van der Waals surface area (Å²) in [6, 6.07) is 7.83. The third kappa shape index (κ3) is 2.56. The number of rotatable bonds is 4. The molecule has 1 heterocycles. The minimum Gasteiger partial charge on any atom is -0.288 e. The Morgan fingerprint density at radius 2 is 1.90 bits per heavy atom. The van der Waals surface area contributed by atoms with E-state index in [-0.39, 0.29) is 11.0 Å². The molecule has 0 radical (unpaired) electrons. The molecule has 0 amide bonds. The predicted octanol–water partition coefficient (Wildman–Crippen LogP) is 4.00. The number of epoxide rings is 1. The number of nitro groups is 1. The van der Waals surface area contributed by atoms with Crippen molar-refractivity contribution in [3.63, 3.8) is 0 Å². The summed E-state index contributed by atoms with van der Waals surface area (Å²) in [5.74, 6) is 0.354. The zero-order valence-electron chi connectivity index (χ0n) is 11.6. The largest absolute Gasteiger partial charge is 0.405 e. The summed E-state index contributed by atoms with van der Waals surface area (Å²) in [4.78, 5) is 12.1. The third-order valence-corrected chi connectivity index (χ3v) is 5.49. The predicted molar refractivity (Wildman–Crippen MR) is 78.2 cm³/mol. The van der Waals surface area contributed by atoms with E-state index >= 15 is 0 Å². The van der Waals surface area contributed by atoms with Gasteiger partial charge in [0.25, 0.3) is 0 Å². The van der Waals surface area contributed by atoms with E-state index in [1.54, 1.807) is 0 Å². The maximum atomic E-state index is 11.5. The van der Waals surface area contributed by atoms with Crippen molar-refractivity contribution in [1.82, 2.24) is 0 Å². The topological polar surface area (TPSA) is 55.7 Å². The molecule has 3 rings (SSSR count). The molecule has 1 aliphatic heterocycles. The second-order valence-electron chi connectivity index (χ2n) is 5.74. The molecule has 0 N–H and O–H groups in total. The Morgan fingerprint density at radius 3 is 2.50 bits per heavy atom. The van der Waals surface area contributed by atoms with Crippen LogP contribution in [0.25, 0.3) is 0 Å². The van der Waals surface area contributed by atoms with Gasteiger partial charge in [-0.2, -0.15) is 0 Å². The van der Waals surface area contributed by atoms with Crippen LogP contribution in [0.1, 0.15) is 37.7 Å². The van der Waals surface area contributed by atoms with Gasteiger partial charge in [-0.3, -0.25) is 14.9 Å². The molecule has 2 atom stereocenters. The van der Waals surface area contributed by atoms with Gasteiger partial charge in [0.1, 0.15) is 0 Å². The van der Waals surface area contributed by atoms with Gasteiger partial charge in [-0.1, -0.05) is 37.0 Å². The van der Waals surface area contributed by atoms with Gasteiger partial charge in [-0.25, -0.2) is 0 Å². The van der Waals surface area contributed by atoms with Crippen LogP contribution in [-0.2, 0) is 4.74 Å². The standard InChI is InChI=1S/C15H19NO3S/c1-11-7-9-13(10-8-11)20-15(16(17)18)14(19-15)12-5-3-2-4-6-12/h7-10,12,14H,2-6H2,1H3. The van der Waals surface area contributed by atoms with Gasteiger partial charge in [0.15, 0.2) is 6.10 Å². The minimum absolute atomic E-state index is 0.218. The summed E-state index contributed by atoms with van der Waals surface area (Å²) in [5.41, 5.74) is 1.16. The van der Waals surface area contributed by atoms with Gasteiger partial charge in [0.2, 0.25) is 0 Å². The zero-order chi connectivity index (χ0) is 14.2. The molecule has 2 aliphatic rings. The highest BCUT2D eigenvalue weighted by atomic mass is 32.2. The minimum atomic E-state index is -1.24. The monoisotopic (exact) mass is 293 g/mol. The average Bonchev–Trinajstić information content (AvgIpc) is 3.18. The molecule has 0 aromatic heterocycles. The number of ether oxygens (including phenoxy) is 1. The number of aryl methyl sites for hydroxylation is 1. The number of thioether (sulfide) groups is 1. The molecule has 108 valence electrons. The first-order valence-corrected chi connectivity index (χ1v) is 8.01. The molecule has 4 nitrogen and oxygen atoms in total. The van der Waals surface area contributed by atoms with Crippen LogP contribution in [0.4, 0.5) is 0 Å². The summed E-state index contributed by atoms with van der Waals surface area (Å²) in [6.45, 7) is 2.01. The SMILES string of the molecule is Cc1ccc(SC2([N+](=O)[O-])OC2C2CCCCC2)cc1. The first kappa shape index (κ1) is 13.9. The Morgan fingerprint density at radius 1 is 1.25 bits per heavy atom. The average molecular weight is 293 g/mol. The second-order valence-corrected chi connectivity index (χ2v) is 7.00. The fourth-order valence-electron chi connectivity index (χ4n) is 3.02. The molecule has 1 aliphatic carbocycles. The Kier molecular flexibility index (Phi) is 3.73. The fourth-order valence-corrected chi connectivity index (χ4v) is 4.17. The summed E-state index contributed by atoms with van der Waals surface area (Å²) in [5, 5.41) is 10.2. The lowest BCUT2D eigenvalue weighted by Crippen LogP contribution is -2.27. The van der Waals surface area contributed by atoms with Crippen LogP contribution < -0.4 is 0 Å².